The summed E-state index contributed by atoms with van der Waals surface area (Å²) < 4.78 is 26.6. The van der Waals surface area contributed by atoms with Gasteiger partial charge in [0.05, 0.1) is 0 Å². The number of benzene rings is 2. The molecule has 0 aliphatic rings. The Morgan fingerprint density at radius 1 is 1.06 bits per heavy atom. The van der Waals surface area contributed by atoms with Gasteiger partial charge in [0.25, 0.3) is 0 Å². The molecule has 0 amide bonds. The molecule has 2 aromatic rings. The summed E-state index contributed by atoms with van der Waals surface area (Å²) in [5.74, 6) is -1.77. The summed E-state index contributed by atoms with van der Waals surface area (Å²) in [5.41, 5.74) is 2.18. The molecule has 1 radical (unpaired) electrons. The molecule has 0 saturated carbocycles. The van der Waals surface area contributed by atoms with Gasteiger partial charge in [0.2, 0.25) is 0 Å². The maximum Gasteiger partial charge on any atom is 0.167 e. The smallest absolute Gasteiger partial charge is 0.167 e. The van der Waals surface area contributed by atoms with Gasteiger partial charge in [0.15, 0.2) is 11.6 Å². The van der Waals surface area contributed by atoms with Crippen molar-refractivity contribution in [2.45, 2.75) is 19.8 Å². The van der Waals surface area contributed by atoms with Crippen molar-refractivity contribution in [3.63, 3.8) is 0 Å². The maximum absolute atomic E-state index is 13.5. The van der Waals surface area contributed by atoms with Crippen LogP contribution in [-0.4, -0.2) is 0 Å². The minimum absolute atomic E-state index is 0.282. The van der Waals surface area contributed by atoms with Crippen molar-refractivity contribution in [3.05, 3.63) is 59.7 Å². The Bertz CT molecular complexity index is 501. The van der Waals surface area contributed by atoms with E-state index in [9.17, 15) is 8.78 Å². The lowest BCUT2D eigenvalue weighted by atomic mass is 10.0. The summed E-state index contributed by atoms with van der Waals surface area (Å²) in [5, 5.41) is 0. The fourth-order valence-electron chi connectivity index (χ4n) is 1.82. The lowest BCUT2D eigenvalue weighted by Gasteiger charge is -2.05. The number of hydrogen-bond acceptors (Lipinski definition) is 0. The first-order valence-corrected chi connectivity index (χ1v) is 5.67. The number of aryl methyl sites for hydroxylation is 1. The van der Waals surface area contributed by atoms with Crippen molar-refractivity contribution in [3.8, 4) is 11.1 Å². The van der Waals surface area contributed by atoms with E-state index in [2.05, 4.69) is 13.0 Å². The molecule has 0 bridgehead atoms. The fraction of sp³-hybridized carbons (Fsp3) is 0.200. The van der Waals surface area contributed by atoms with Crippen LogP contribution in [0.4, 0.5) is 8.78 Å². The molecule has 0 aromatic heterocycles. The van der Waals surface area contributed by atoms with Gasteiger partial charge in [0.1, 0.15) is 0 Å². The highest BCUT2D eigenvalue weighted by Gasteiger charge is 2.09. The van der Waals surface area contributed by atoms with Gasteiger partial charge in [-0.15, -0.1) is 0 Å². The highest BCUT2D eigenvalue weighted by Crippen LogP contribution is 2.24. The Kier molecular flexibility index (Phi) is 3.52. The van der Waals surface area contributed by atoms with Gasteiger partial charge in [-0.25, -0.2) is 8.78 Å². The van der Waals surface area contributed by atoms with Crippen LogP contribution < -0.4 is 0 Å². The summed E-state index contributed by atoms with van der Waals surface area (Å²) in [7, 11) is 0. The molecule has 0 aliphatic carbocycles. The van der Waals surface area contributed by atoms with Crippen LogP contribution in [0.2, 0.25) is 0 Å². The Balaban J connectivity index is 2.36. The van der Waals surface area contributed by atoms with Crippen LogP contribution in [0.3, 0.4) is 0 Å². The maximum atomic E-state index is 13.5. The number of hydrogen-bond donors (Lipinski definition) is 0. The molecule has 0 saturated heterocycles. The molecule has 0 fully saturated rings. The molecular formula is C15H13F2. The second-order valence-electron chi connectivity index (χ2n) is 3.97. The summed E-state index contributed by atoms with van der Waals surface area (Å²) in [6, 6.07) is 12.7. The largest absolute Gasteiger partial charge is 0.203 e. The van der Waals surface area contributed by atoms with Crippen LogP contribution in [0.15, 0.2) is 36.4 Å². The van der Waals surface area contributed by atoms with E-state index in [4.69, 9.17) is 0 Å². The highest BCUT2D eigenvalue weighted by atomic mass is 19.2. The molecule has 0 heterocycles. The van der Waals surface area contributed by atoms with Gasteiger partial charge in [-0.2, -0.15) is 0 Å². The molecule has 2 rings (SSSR count). The molecule has 0 atom stereocenters. The molecule has 87 valence electrons. The topological polar surface area (TPSA) is 0 Å². The Hall–Kier alpha value is -1.70. The van der Waals surface area contributed by atoms with E-state index < -0.39 is 11.6 Å². The van der Waals surface area contributed by atoms with Gasteiger partial charge in [0, 0.05) is 11.6 Å². The highest BCUT2D eigenvalue weighted by molar-refractivity contribution is 5.64. The molecule has 17 heavy (non-hydrogen) atoms. The van der Waals surface area contributed by atoms with E-state index in [1.165, 1.54) is 17.7 Å². The fourth-order valence-corrected chi connectivity index (χ4v) is 1.82. The predicted molar refractivity (Wildman–Crippen MR) is 64.6 cm³/mol. The van der Waals surface area contributed by atoms with Crippen molar-refractivity contribution < 1.29 is 8.78 Å². The minimum atomic E-state index is -0.930. The Morgan fingerprint density at radius 3 is 2.41 bits per heavy atom. The zero-order valence-corrected chi connectivity index (χ0v) is 9.63. The summed E-state index contributed by atoms with van der Waals surface area (Å²) in [6.45, 7) is 2.11. The van der Waals surface area contributed by atoms with Crippen molar-refractivity contribution in [1.29, 1.82) is 0 Å². The zero-order valence-electron chi connectivity index (χ0n) is 9.63. The van der Waals surface area contributed by atoms with E-state index in [1.54, 1.807) is 0 Å². The first-order chi connectivity index (χ1) is 8.22. The van der Waals surface area contributed by atoms with Crippen molar-refractivity contribution in [2.24, 2.45) is 0 Å². The predicted octanol–water partition coefficient (Wildman–Crippen LogP) is 4.38. The van der Waals surface area contributed by atoms with Crippen LogP contribution in [0.1, 0.15) is 18.9 Å². The third-order valence-corrected chi connectivity index (χ3v) is 2.69. The zero-order chi connectivity index (χ0) is 12.3. The third-order valence-electron chi connectivity index (χ3n) is 2.69. The number of rotatable bonds is 3. The van der Waals surface area contributed by atoms with Gasteiger partial charge in [-0.3, -0.25) is 0 Å². The van der Waals surface area contributed by atoms with E-state index in [1.807, 2.05) is 24.3 Å². The lowest BCUT2D eigenvalue weighted by Crippen LogP contribution is -1.90. The molecule has 0 N–H and O–H groups in total. The number of halogens is 2. The van der Waals surface area contributed by atoms with Crippen LogP contribution in [0, 0.1) is 17.7 Å². The van der Waals surface area contributed by atoms with Gasteiger partial charge >= 0.3 is 0 Å². The molecule has 0 spiro atoms. The van der Waals surface area contributed by atoms with Gasteiger partial charge in [-0.1, -0.05) is 49.7 Å². The van der Waals surface area contributed by atoms with E-state index >= 15 is 0 Å². The van der Waals surface area contributed by atoms with Crippen LogP contribution >= 0.6 is 0 Å². The first-order valence-electron chi connectivity index (χ1n) is 5.67. The average molecular weight is 231 g/mol. The third kappa shape index (κ3) is 2.52. The summed E-state index contributed by atoms with van der Waals surface area (Å²) in [6.07, 6.45) is 2.07. The van der Waals surface area contributed by atoms with Gasteiger partial charge in [-0.05, 0) is 17.5 Å². The normalized spacial score (nSPS) is 10.5. The molecule has 2 aromatic carbocycles. The van der Waals surface area contributed by atoms with E-state index in [0.717, 1.165) is 12.8 Å². The monoisotopic (exact) mass is 231 g/mol. The first kappa shape index (κ1) is 11.8. The van der Waals surface area contributed by atoms with Crippen LogP contribution in [-0.2, 0) is 6.42 Å². The van der Waals surface area contributed by atoms with E-state index in [0.29, 0.717) is 5.56 Å². The molecular weight excluding hydrogens is 218 g/mol. The minimum Gasteiger partial charge on any atom is -0.203 e. The van der Waals surface area contributed by atoms with Crippen molar-refractivity contribution in [2.75, 3.05) is 0 Å². The SMILES string of the molecule is CCCc1ccc(-c2cc[c]c(F)c2F)cc1. The Labute approximate surface area is 99.9 Å². The van der Waals surface area contributed by atoms with Crippen LogP contribution in [0.25, 0.3) is 11.1 Å². The molecule has 0 unspecified atom stereocenters. The van der Waals surface area contributed by atoms with Gasteiger partial charge < -0.3 is 0 Å². The second kappa shape index (κ2) is 5.09. The van der Waals surface area contributed by atoms with Crippen LogP contribution in [0.5, 0.6) is 0 Å². The summed E-state index contributed by atoms with van der Waals surface area (Å²) in [4.78, 5) is 0. The molecule has 0 aliphatic heterocycles. The Morgan fingerprint density at radius 2 is 1.76 bits per heavy atom. The lowest BCUT2D eigenvalue weighted by molar-refractivity contribution is 0.509. The standard InChI is InChI=1S/C15H13F2/c1-2-4-11-7-9-12(10-8-11)13-5-3-6-14(16)15(13)17/h3,5,7-10H,2,4H2,1H3. The van der Waals surface area contributed by atoms with Crippen molar-refractivity contribution in [1.82, 2.24) is 0 Å². The van der Waals surface area contributed by atoms with E-state index in [-0.39, 0.29) is 5.56 Å². The average Bonchev–Trinajstić information content (AvgIpc) is 2.34. The molecule has 0 nitrogen and oxygen atoms in total. The molecule has 2 heteroatoms. The second-order valence-corrected chi connectivity index (χ2v) is 3.97. The van der Waals surface area contributed by atoms with Crippen molar-refractivity contribution >= 4 is 0 Å². The quantitative estimate of drug-likeness (QED) is 0.735. The summed E-state index contributed by atoms with van der Waals surface area (Å²) >= 11 is 0.